The highest BCUT2D eigenvalue weighted by atomic mass is 32.1. The first-order valence-electron chi connectivity index (χ1n) is 4.22. The summed E-state index contributed by atoms with van der Waals surface area (Å²) in [5.74, 6) is -0.405. The van der Waals surface area contributed by atoms with E-state index in [-0.39, 0.29) is 10.6 Å². The predicted molar refractivity (Wildman–Crippen MR) is 49.4 cm³/mol. The average molecular weight is 198 g/mol. The van der Waals surface area contributed by atoms with Crippen LogP contribution in [-0.2, 0) is 6.42 Å². The van der Waals surface area contributed by atoms with Crippen LogP contribution in [0.4, 0.5) is 0 Å². The van der Waals surface area contributed by atoms with Crippen LogP contribution in [0.15, 0.2) is 6.07 Å². The Morgan fingerprint density at radius 3 is 2.77 bits per heavy atom. The molecule has 1 fully saturated rings. The summed E-state index contributed by atoms with van der Waals surface area (Å²) in [7, 11) is 0. The molecule has 1 aliphatic rings. The molecule has 0 amide bonds. The van der Waals surface area contributed by atoms with Crippen LogP contribution >= 0.6 is 11.3 Å². The largest absolute Gasteiger partial charge is 0.506 e. The quantitative estimate of drug-likeness (QED) is 0.782. The summed E-state index contributed by atoms with van der Waals surface area (Å²) < 4.78 is 0. The molecule has 13 heavy (non-hydrogen) atoms. The highest BCUT2D eigenvalue weighted by Crippen LogP contribution is 2.37. The van der Waals surface area contributed by atoms with Crippen molar-refractivity contribution in [2.45, 2.75) is 19.3 Å². The number of carbonyl (C=O) groups is 1. The Morgan fingerprint density at radius 1 is 1.62 bits per heavy atom. The molecule has 1 heterocycles. The van der Waals surface area contributed by atoms with Gasteiger partial charge in [-0.1, -0.05) is 0 Å². The van der Waals surface area contributed by atoms with Crippen molar-refractivity contribution < 1.29 is 15.0 Å². The maximum atomic E-state index is 10.6. The summed E-state index contributed by atoms with van der Waals surface area (Å²) in [6.45, 7) is 0. The highest BCUT2D eigenvalue weighted by Gasteiger charge is 2.24. The summed E-state index contributed by atoms with van der Waals surface area (Å²) in [4.78, 5) is 11.6. The van der Waals surface area contributed by atoms with E-state index in [1.807, 2.05) is 0 Å². The molecule has 1 aliphatic carbocycles. The van der Waals surface area contributed by atoms with Gasteiger partial charge in [-0.2, -0.15) is 0 Å². The highest BCUT2D eigenvalue weighted by molar-refractivity contribution is 7.14. The van der Waals surface area contributed by atoms with E-state index in [0.717, 1.165) is 17.2 Å². The fourth-order valence-electron chi connectivity index (χ4n) is 1.29. The van der Waals surface area contributed by atoms with E-state index in [0.29, 0.717) is 0 Å². The molecule has 1 aromatic rings. The van der Waals surface area contributed by atoms with Gasteiger partial charge in [0.2, 0.25) is 0 Å². The number of carboxylic acid groups (broad SMARTS) is 1. The molecule has 0 radical (unpaired) electrons. The monoisotopic (exact) mass is 198 g/mol. The Balaban J connectivity index is 2.18. The van der Waals surface area contributed by atoms with E-state index < -0.39 is 5.97 Å². The van der Waals surface area contributed by atoms with Crippen molar-refractivity contribution in [1.29, 1.82) is 0 Å². The Hall–Kier alpha value is -1.03. The van der Waals surface area contributed by atoms with Gasteiger partial charge in [-0.3, -0.25) is 0 Å². The summed E-state index contributed by atoms with van der Waals surface area (Å²) in [6.07, 6.45) is 3.40. The maximum absolute atomic E-state index is 10.6. The van der Waals surface area contributed by atoms with E-state index in [1.54, 1.807) is 6.07 Å². The van der Waals surface area contributed by atoms with Crippen LogP contribution in [-0.4, -0.2) is 16.2 Å². The molecular formula is C9H10O3S. The second-order valence-electron chi connectivity index (χ2n) is 3.38. The first-order valence-corrected chi connectivity index (χ1v) is 5.03. The predicted octanol–water partition coefficient (Wildman–Crippen LogP) is 2.10. The molecule has 1 aromatic heterocycles. The van der Waals surface area contributed by atoms with Crippen LogP contribution in [0.3, 0.4) is 0 Å². The van der Waals surface area contributed by atoms with Crippen LogP contribution in [0.5, 0.6) is 5.75 Å². The van der Waals surface area contributed by atoms with Crippen molar-refractivity contribution in [2.75, 3.05) is 0 Å². The molecule has 0 spiro atoms. The molecule has 0 saturated heterocycles. The molecule has 0 unspecified atom stereocenters. The molecule has 3 nitrogen and oxygen atoms in total. The smallest absolute Gasteiger partial charge is 0.349 e. The van der Waals surface area contributed by atoms with Crippen molar-refractivity contribution in [3.63, 3.8) is 0 Å². The zero-order chi connectivity index (χ0) is 9.42. The van der Waals surface area contributed by atoms with Gasteiger partial charge >= 0.3 is 5.97 Å². The second kappa shape index (κ2) is 3.03. The Bertz CT molecular complexity index is 339. The van der Waals surface area contributed by atoms with Gasteiger partial charge in [0.1, 0.15) is 5.75 Å². The van der Waals surface area contributed by atoms with Gasteiger partial charge in [0.25, 0.3) is 0 Å². The Labute approximate surface area is 79.6 Å². The third kappa shape index (κ3) is 1.83. The Kier molecular flexibility index (Phi) is 2.00. The first kappa shape index (κ1) is 8.56. The number of hydrogen-bond acceptors (Lipinski definition) is 3. The lowest BCUT2D eigenvalue weighted by molar-refractivity contribution is 0.0699. The molecule has 2 N–H and O–H groups in total. The fraction of sp³-hybridized carbons (Fsp3) is 0.444. The van der Waals surface area contributed by atoms with Crippen molar-refractivity contribution in [1.82, 2.24) is 0 Å². The number of thiophene rings is 1. The van der Waals surface area contributed by atoms with E-state index in [9.17, 15) is 9.90 Å². The van der Waals surface area contributed by atoms with E-state index in [2.05, 4.69) is 0 Å². The van der Waals surface area contributed by atoms with E-state index in [4.69, 9.17) is 5.11 Å². The topological polar surface area (TPSA) is 57.5 Å². The molecule has 1 saturated carbocycles. The lowest BCUT2D eigenvalue weighted by atomic mass is 10.2. The molecule has 70 valence electrons. The van der Waals surface area contributed by atoms with Crippen LogP contribution < -0.4 is 0 Å². The van der Waals surface area contributed by atoms with Gasteiger partial charge in [0, 0.05) is 4.88 Å². The minimum Gasteiger partial charge on any atom is -0.506 e. The van der Waals surface area contributed by atoms with Gasteiger partial charge in [-0.25, -0.2) is 4.79 Å². The molecule has 0 atom stereocenters. The van der Waals surface area contributed by atoms with Gasteiger partial charge in [0.05, 0.1) is 0 Å². The molecule has 4 heteroatoms. The van der Waals surface area contributed by atoms with Gasteiger partial charge in [-0.15, -0.1) is 11.3 Å². The molecule has 0 bridgehead atoms. The van der Waals surface area contributed by atoms with Crippen LogP contribution in [0.25, 0.3) is 0 Å². The number of aromatic carboxylic acids is 1. The molecule has 0 aliphatic heterocycles. The zero-order valence-corrected chi connectivity index (χ0v) is 7.80. The number of aromatic hydroxyl groups is 1. The van der Waals surface area contributed by atoms with Crippen LogP contribution in [0.1, 0.15) is 27.4 Å². The molecule has 2 rings (SSSR count). The number of rotatable bonds is 3. The average Bonchev–Trinajstić information content (AvgIpc) is 2.75. The van der Waals surface area contributed by atoms with Crippen molar-refractivity contribution >= 4 is 17.3 Å². The number of hydrogen-bond donors (Lipinski definition) is 2. The summed E-state index contributed by atoms with van der Waals surface area (Å²) in [6, 6.07) is 1.58. The third-order valence-corrected chi connectivity index (χ3v) is 3.28. The van der Waals surface area contributed by atoms with E-state index in [1.165, 1.54) is 24.2 Å². The summed E-state index contributed by atoms with van der Waals surface area (Å²) in [5.41, 5.74) is 0. The molecule has 0 aromatic carbocycles. The lowest BCUT2D eigenvalue weighted by Crippen LogP contribution is -1.90. The van der Waals surface area contributed by atoms with Crippen molar-refractivity contribution in [2.24, 2.45) is 5.92 Å². The summed E-state index contributed by atoms with van der Waals surface area (Å²) >= 11 is 1.19. The standard InChI is InChI=1S/C9H10O3S/c10-7-4-6(3-5-1-2-5)13-8(7)9(11)12/h4-5,10H,1-3H2,(H,11,12). The van der Waals surface area contributed by atoms with Crippen molar-refractivity contribution in [3.8, 4) is 5.75 Å². The third-order valence-electron chi connectivity index (χ3n) is 2.14. The first-order chi connectivity index (χ1) is 6.16. The maximum Gasteiger partial charge on any atom is 0.349 e. The minimum atomic E-state index is -1.04. The number of carboxylic acids is 1. The second-order valence-corrected chi connectivity index (χ2v) is 4.52. The van der Waals surface area contributed by atoms with Crippen LogP contribution in [0, 0.1) is 5.92 Å². The van der Waals surface area contributed by atoms with Gasteiger partial charge < -0.3 is 10.2 Å². The van der Waals surface area contributed by atoms with Gasteiger partial charge in [-0.05, 0) is 31.2 Å². The zero-order valence-electron chi connectivity index (χ0n) is 6.99. The minimum absolute atomic E-state index is 0.0654. The Morgan fingerprint density at radius 2 is 2.31 bits per heavy atom. The van der Waals surface area contributed by atoms with E-state index >= 15 is 0 Å². The normalized spacial score (nSPS) is 16.0. The van der Waals surface area contributed by atoms with Gasteiger partial charge in [0.15, 0.2) is 4.88 Å². The SMILES string of the molecule is O=C(O)c1sc(CC2CC2)cc1O. The van der Waals surface area contributed by atoms with Crippen molar-refractivity contribution in [3.05, 3.63) is 15.8 Å². The van der Waals surface area contributed by atoms with Crippen LogP contribution in [0.2, 0.25) is 0 Å². The lowest BCUT2D eigenvalue weighted by Gasteiger charge is -1.89. The summed E-state index contributed by atoms with van der Waals surface area (Å²) in [5, 5.41) is 17.9. The fourth-order valence-corrected chi connectivity index (χ4v) is 2.29. The molecular weight excluding hydrogens is 188 g/mol.